The Hall–Kier alpha value is -0.950. The molecule has 1 heterocycles. The maximum atomic E-state index is 12.8. The van der Waals surface area contributed by atoms with E-state index in [1.807, 2.05) is 26.8 Å². The second-order valence-electron chi connectivity index (χ2n) is 6.02. The Kier molecular flexibility index (Phi) is 4.72. The molecule has 6 heteroatoms. The summed E-state index contributed by atoms with van der Waals surface area (Å²) in [5, 5.41) is 0. The molecule has 1 aromatic carbocycles. The van der Waals surface area contributed by atoms with Gasteiger partial charge in [-0.15, -0.1) is 0 Å². The van der Waals surface area contributed by atoms with E-state index in [0.29, 0.717) is 37.5 Å². The second-order valence-corrected chi connectivity index (χ2v) is 7.67. The van der Waals surface area contributed by atoms with Crippen LogP contribution in [0.2, 0.25) is 0 Å². The number of nitrogens with two attached hydrogens (primary N) is 1. The lowest BCUT2D eigenvalue weighted by Gasteiger charge is -2.34. The van der Waals surface area contributed by atoms with E-state index in [0.717, 1.165) is 16.7 Å². The van der Waals surface area contributed by atoms with Crippen molar-refractivity contribution in [1.29, 1.82) is 0 Å². The number of nitrogens with one attached hydrogen (secondary N) is 1. The summed E-state index contributed by atoms with van der Waals surface area (Å²) in [5.74, 6) is 0. The molecule has 2 rings (SSSR count). The van der Waals surface area contributed by atoms with Crippen LogP contribution in [0.5, 0.6) is 0 Å². The fourth-order valence-electron chi connectivity index (χ4n) is 2.60. The van der Waals surface area contributed by atoms with Crippen molar-refractivity contribution in [2.45, 2.75) is 50.6 Å². The summed E-state index contributed by atoms with van der Waals surface area (Å²) in [6.45, 7) is 7.16. The molecule has 118 valence electrons. The zero-order chi connectivity index (χ0) is 15.7. The van der Waals surface area contributed by atoms with E-state index in [1.54, 1.807) is 6.07 Å². The SMILES string of the molecule is Cc1cc(CN)cc(S(=O)(=O)NC2(C)CCOCC2)c1C. The minimum absolute atomic E-state index is 0.328. The number of rotatable bonds is 4. The number of ether oxygens (including phenoxy) is 1. The third kappa shape index (κ3) is 3.63. The molecule has 0 atom stereocenters. The molecule has 21 heavy (non-hydrogen) atoms. The quantitative estimate of drug-likeness (QED) is 0.885. The number of aryl methyl sites for hydroxylation is 1. The van der Waals surface area contributed by atoms with Gasteiger partial charge in [-0.2, -0.15) is 0 Å². The molecule has 1 fully saturated rings. The van der Waals surface area contributed by atoms with E-state index < -0.39 is 15.6 Å². The van der Waals surface area contributed by atoms with E-state index in [9.17, 15) is 8.42 Å². The highest BCUT2D eigenvalue weighted by Crippen LogP contribution is 2.26. The van der Waals surface area contributed by atoms with Gasteiger partial charge in [-0.25, -0.2) is 13.1 Å². The van der Waals surface area contributed by atoms with Crippen LogP contribution in [0.3, 0.4) is 0 Å². The van der Waals surface area contributed by atoms with Crippen molar-refractivity contribution in [3.8, 4) is 0 Å². The van der Waals surface area contributed by atoms with Crippen LogP contribution < -0.4 is 10.5 Å². The zero-order valence-electron chi connectivity index (χ0n) is 12.9. The van der Waals surface area contributed by atoms with Gasteiger partial charge in [0.1, 0.15) is 0 Å². The molecule has 0 radical (unpaired) electrons. The fourth-order valence-corrected chi connectivity index (χ4v) is 4.43. The summed E-state index contributed by atoms with van der Waals surface area (Å²) in [6, 6.07) is 3.61. The summed E-state index contributed by atoms with van der Waals surface area (Å²) in [4.78, 5) is 0.329. The van der Waals surface area contributed by atoms with Crippen LogP contribution in [-0.4, -0.2) is 27.2 Å². The molecule has 0 amide bonds. The molecule has 0 unspecified atom stereocenters. The molecule has 1 aliphatic heterocycles. The molecular weight excluding hydrogens is 288 g/mol. The zero-order valence-corrected chi connectivity index (χ0v) is 13.7. The lowest BCUT2D eigenvalue weighted by Crippen LogP contribution is -2.49. The average molecular weight is 312 g/mol. The van der Waals surface area contributed by atoms with Crippen LogP contribution in [0.1, 0.15) is 36.5 Å². The normalized spacial score (nSPS) is 18.7. The molecule has 1 aromatic rings. The van der Waals surface area contributed by atoms with Gasteiger partial charge >= 0.3 is 0 Å². The second kappa shape index (κ2) is 6.04. The summed E-state index contributed by atoms with van der Waals surface area (Å²) in [7, 11) is -3.57. The highest BCUT2D eigenvalue weighted by atomic mass is 32.2. The van der Waals surface area contributed by atoms with Crippen LogP contribution in [-0.2, 0) is 21.3 Å². The molecule has 0 aliphatic carbocycles. The lowest BCUT2D eigenvalue weighted by molar-refractivity contribution is 0.0537. The van der Waals surface area contributed by atoms with Crippen molar-refractivity contribution in [3.63, 3.8) is 0 Å². The number of benzene rings is 1. The number of hydrogen-bond donors (Lipinski definition) is 2. The molecular formula is C15H24N2O3S. The Labute approximate surface area is 126 Å². The first kappa shape index (κ1) is 16.4. The summed E-state index contributed by atoms with van der Waals surface area (Å²) in [5.41, 5.74) is 7.75. The van der Waals surface area contributed by atoms with Crippen molar-refractivity contribution >= 4 is 10.0 Å². The minimum atomic E-state index is -3.57. The Morgan fingerprint density at radius 3 is 2.48 bits per heavy atom. The fraction of sp³-hybridized carbons (Fsp3) is 0.600. The van der Waals surface area contributed by atoms with Crippen LogP contribution in [0.25, 0.3) is 0 Å². The summed E-state index contributed by atoms with van der Waals surface area (Å²) in [6.07, 6.45) is 1.36. The van der Waals surface area contributed by atoms with Crippen LogP contribution in [0.15, 0.2) is 17.0 Å². The van der Waals surface area contributed by atoms with Crippen LogP contribution in [0, 0.1) is 13.8 Å². The third-order valence-corrected chi connectivity index (χ3v) is 5.95. The first-order chi connectivity index (χ1) is 9.77. The summed E-state index contributed by atoms with van der Waals surface area (Å²) < 4.78 is 33.7. The van der Waals surface area contributed by atoms with Gasteiger partial charge in [-0.1, -0.05) is 6.07 Å². The Morgan fingerprint density at radius 1 is 1.29 bits per heavy atom. The molecule has 0 bridgehead atoms. The number of hydrogen-bond acceptors (Lipinski definition) is 4. The van der Waals surface area contributed by atoms with Gasteiger partial charge in [0.25, 0.3) is 0 Å². The standard InChI is InChI=1S/C15H24N2O3S/c1-11-8-13(10-16)9-14(12(11)2)21(18,19)17-15(3)4-6-20-7-5-15/h8-9,17H,4-7,10,16H2,1-3H3. The van der Waals surface area contributed by atoms with Gasteiger partial charge in [-0.05, 0) is 56.4 Å². The minimum Gasteiger partial charge on any atom is -0.381 e. The average Bonchev–Trinajstić information content (AvgIpc) is 2.41. The van der Waals surface area contributed by atoms with Gasteiger partial charge in [0, 0.05) is 25.3 Å². The largest absolute Gasteiger partial charge is 0.381 e. The first-order valence-corrected chi connectivity index (χ1v) is 8.68. The van der Waals surface area contributed by atoms with Gasteiger partial charge in [0.15, 0.2) is 0 Å². The van der Waals surface area contributed by atoms with Crippen molar-refractivity contribution in [2.24, 2.45) is 5.73 Å². The monoisotopic (exact) mass is 312 g/mol. The van der Waals surface area contributed by atoms with Crippen molar-refractivity contribution in [1.82, 2.24) is 4.72 Å². The van der Waals surface area contributed by atoms with Crippen molar-refractivity contribution in [2.75, 3.05) is 13.2 Å². The van der Waals surface area contributed by atoms with Crippen molar-refractivity contribution in [3.05, 3.63) is 28.8 Å². The van der Waals surface area contributed by atoms with Gasteiger partial charge in [-0.3, -0.25) is 0 Å². The predicted molar refractivity (Wildman–Crippen MR) is 82.6 cm³/mol. The molecule has 0 saturated carbocycles. The Bertz CT molecular complexity index is 620. The maximum Gasteiger partial charge on any atom is 0.241 e. The highest BCUT2D eigenvalue weighted by Gasteiger charge is 2.33. The first-order valence-electron chi connectivity index (χ1n) is 7.19. The number of sulfonamides is 1. The molecule has 0 spiro atoms. The van der Waals surface area contributed by atoms with Gasteiger partial charge in [0.05, 0.1) is 4.90 Å². The molecule has 0 aromatic heterocycles. The maximum absolute atomic E-state index is 12.8. The third-order valence-electron chi connectivity index (χ3n) is 4.18. The van der Waals surface area contributed by atoms with E-state index in [-0.39, 0.29) is 0 Å². The van der Waals surface area contributed by atoms with E-state index in [1.165, 1.54) is 0 Å². The predicted octanol–water partition coefficient (Wildman–Crippen LogP) is 1.61. The Balaban J connectivity index is 2.37. The van der Waals surface area contributed by atoms with Gasteiger partial charge < -0.3 is 10.5 Å². The molecule has 3 N–H and O–H groups in total. The topological polar surface area (TPSA) is 81.4 Å². The van der Waals surface area contributed by atoms with E-state index >= 15 is 0 Å². The van der Waals surface area contributed by atoms with Crippen LogP contribution >= 0.6 is 0 Å². The van der Waals surface area contributed by atoms with Crippen molar-refractivity contribution < 1.29 is 13.2 Å². The lowest BCUT2D eigenvalue weighted by atomic mass is 9.94. The molecule has 1 saturated heterocycles. The molecule has 1 aliphatic rings. The smallest absolute Gasteiger partial charge is 0.241 e. The van der Waals surface area contributed by atoms with Gasteiger partial charge in [0.2, 0.25) is 10.0 Å². The van der Waals surface area contributed by atoms with E-state index in [2.05, 4.69) is 4.72 Å². The highest BCUT2D eigenvalue weighted by molar-refractivity contribution is 7.89. The summed E-state index contributed by atoms with van der Waals surface area (Å²) >= 11 is 0. The van der Waals surface area contributed by atoms with Crippen LogP contribution in [0.4, 0.5) is 0 Å². The van der Waals surface area contributed by atoms with E-state index in [4.69, 9.17) is 10.5 Å². The molecule has 5 nitrogen and oxygen atoms in total. The Morgan fingerprint density at radius 2 is 1.90 bits per heavy atom.